The molecule has 0 saturated carbocycles. The minimum absolute atomic E-state index is 0.120. The summed E-state index contributed by atoms with van der Waals surface area (Å²) in [7, 11) is 0. The fraction of sp³-hybridized carbons (Fsp3) is 0.143. The first-order valence-electron chi connectivity index (χ1n) is 8.51. The van der Waals surface area contributed by atoms with Crippen molar-refractivity contribution in [2.75, 3.05) is 0 Å². The molecule has 4 aromatic rings. The van der Waals surface area contributed by atoms with Crippen LogP contribution in [0.2, 0.25) is 0 Å². The van der Waals surface area contributed by atoms with Gasteiger partial charge in [0.15, 0.2) is 5.16 Å². The van der Waals surface area contributed by atoms with Gasteiger partial charge in [0.05, 0.1) is 12.1 Å². The molecule has 0 amide bonds. The Balaban J connectivity index is 1.74. The van der Waals surface area contributed by atoms with Gasteiger partial charge in [-0.3, -0.25) is 9.36 Å². The molecule has 0 radical (unpaired) electrons. The van der Waals surface area contributed by atoms with E-state index in [-0.39, 0.29) is 17.9 Å². The molecular weight excluding hydrogens is 379 g/mol. The van der Waals surface area contributed by atoms with Crippen LogP contribution in [0.4, 0.5) is 4.39 Å². The lowest BCUT2D eigenvalue weighted by Gasteiger charge is -2.13. The summed E-state index contributed by atoms with van der Waals surface area (Å²) in [5, 5.41) is 2.47. The Kier molecular flexibility index (Phi) is 5.09. The predicted octanol–water partition coefficient (Wildman–Crippen LogP) is 5.25. The number of thiophene rings is 1. The number of halogens is 1. The van der Waals surface area contributed by atoms with Crippen molar-refractivity contribution in [1.29, 1.82) is 0 Å². The van der Waals surface area contributed by atoms with E-state index < -0.39 is 0 Å². The van der Waals surface area contributed by atoms with Gasteiger partial charge in [0.25, 0.3) is 5.56 Å². The largest absolute Gasteiger partial charge is 0.282 e. The van der Waals surface area contributed by atoms with Crippen molar-refractivity contribution < 1.29 is 4.39 Å². The van der Waals surface area contributed by atoms with Gasteiger partial charge in [0.2, 0.25) is 0 Å². The molecule has 2 aromatic carbocycles. The number of aryl methyl sites for hydroxylation is 1. The Labute approximate surface area is 164 Å². The highest BCUT2D eigenvalue weighted by molar-refractivity contribution is 7.98. The second kappa shape index (κ2) is 7.66. The first-order valence-corrected chi connectivity index (χ1v) is 10.4. The van der Waals surface area contributed by atoms with Crippen LogP contribution in [0.15, 0.2) is 69.9 Å². The van der Waals surface area contributed by atoms with Crippen LogP contribution in [0.25, 0.3) is 10.2 Å². The van der Waals surface area contributed by atoms with Crippen LogP contribution in [0, 0.1) is 12.7 Å². The summed E-state index contributed by atoms with van der Waals surface area (Å²) in [4.78, 5) is 17.7. The normalized spacial score (nSPS) is 11.2. The summed E-state index contributed by atoms with van der Waals surface area (Å²) in [5.74, 6) is 0.381. The molecule has 0 N–H and O–H groups in total. The summed E-state index contributed by atoms with van der Waals surface area (Å²) in [6, 6.07) is 16.6. The van der Waals surface area contributed by atoms with Gasteiger partial charge in [-0.25, -0.2) is 9.37 Å². The predicted molar refractivity (Wildman–Crippen MR) is 110 cm³/mol. The highest BCUT2D eigenvalue weighted by Gasteiger charge is 2.14. The number of aromatic nitrogens is 2. The molecule has 0 aliphatic heterocycles. The van der Waals surface area contributed by atoms with Gasteiger partial charge in [-0.05, 0) is 30.0 Å². The molecule has 0 unspecified atom stereocenters. The van der Waals surface area contributed by atoms with Gasteiger partial charge >= 0.3 is 0 Å². The molecule has 2 aromatic heterocycles. The molecule has 0 saturated heterocycles. The summed E-state index contributed by atoms with van der Waals surface area (Å²) in [5.41, 5.74) is 3.41. The third-order valence-electron chi connectivity index (χ3n) is 4.27. The number of rotatable bonds is 5. The van der Waals surface area contributed by atoms with Gasteiger partial charge < -0.3 is 0 Å². The lowest BCUT2D eigenvalue weighted by Crippen LogP contribution is -2.23. The average Bonchev–Trinajstić information content (AvgIpc) is 3.13. The highest BCUT2D eigenvalue weighted by Crippen LogP contribution is 2.25. The fourth-order valence-electron chi connectivity index (χ4n) is 2.92. The van der Waals surface area contributed by atoms with E-state index in [0.29, 0.717) is 26.7 Å². The molecule has 4 rings (SSSR count). The monoisotopic (exact) mass is 396 g/mol. The SMILES string of the molecule is Cc1cccc(CSc2nc3ccsc3c(=O)n2Cc2ccccc2F)c1. The van der Waals surface area contributed by atoms with Crippen molar-refractivity contribution >= 4 is 33.3 Å². The summed E-state index contributed by atoms with van der Waals surface area (Å²) >= 11 is 2.87. The maximum absolute atomic E-state index is 14.1. The molecule has 0 aliphatic rings. The van der Waals surface area contributed by atoms with Crippen molar-refractivity contribution in [1.82, 2.24) is 9.55 Å². The lowest BCUT2D eigenvalue weighted by atomic mass is 10.2. The second-order valence-electron chi connectivity index (χ2n) is 6.29. The third kappa shape index (κ3) is 3.82. The number of thioether (sulfide) groups is 1. The summed E-state index contributed by atoms with van der Waals surface area (Å²) in [6.07, 6.45) is 0. The van der Waals surface area contributed by atoms with Gasteiger partial charge in [-0.15, -0.1) is 11.3 Å². The first-order chi connectivity index (χ1) is 13.1. The molecule has 27 heavy (non-hydrogen) atoms. The van der Waals surface area contributed by atoms with Crippen LogP contribution < -0.4 is 5.56 Å². The number of hydrogen-bond donors (Lipinski definition) is 0. The number of nitrogens with zero attached hydrogens (tertiary/aromatic N) is 2. The Morgan fingerprint density at radius 2 is 2.00 bits per heavy atom. The molecule has 0 aliphatic carbocycles. The van der Waals surface area contributed by atoms with E-state index in [1.165, 1.54) is 34.7 Å². The number of benzene rings is 2. The molecule has 3 nitrogen and oxygen atoms in total. The van der Waals surface area contributed by atoms with Crippen LogP contribution in [-0.4, -0.2) is 9.55 Å². The van der Waals surface area contributed by atoms with Crippen molar-refractivity contribution in [2.45, 2.75) is 24.4 Å². The minimum atomic E-state index is -0.315. The van der Waals surface area contributed by atoms with Crippen molar-refractivity contribution in [2.24, 2.45) is 0 Å². The van der Waals surface area contributed by atoms with E-state index in [2.05, 4.69) is 30.1 Å². The summed E-state index contributed by atoms with van der Waals surface area (Å²) < 4.78 is 16.3. The Bertz CT molecular complexity index is 1170. The molecule has 136 valence electrons. The quantitative estimate of drug-likeness (QED) is 0.341. The van der Waals surface area contributed by atoms with Gasteiger partial charge in [0.1, 0.15) is 10.5 Å². The average molecular weight is 397 g/mol. The zero-order chi connectivity index (χ0) is 18.8. The Morgan fingerprint density at radius 3 is 2.81 bits per heavy atom. The van der Waals surface area contributed by atoms with Crippen molar-refractivity contribution in [3.63, 3.8) is 0 Å². The maximum Gasteiger partial charge on any atom is 0.272 e. The topological polar surface area (TPSA) is 34.9 Å². The van der Waals surface area contributed by atoms with Gasteiger partial charge in [-0.1, -0.05) is 59.8 Å². The smallest absolute Gasteiger partial charge is 0.272 e. The number of fused-ring (bicyclic) bond motifs is 1. The van der Waals surface area contributed by atoms with Crippen LogP contribution in [0.3, 0.4) is 0 Å². The fourth-order valence-corrected chi connectivity index (χ4v) is 4.64. The molecular formula is C21H17FN2OS2. The van der Waals surface area contributed by atoms with Crippen LogP contribution in [0.5, 0.6) is 0 Å². The minimum Gasteiger partial charge on any atom is -0.282 e. The standard InChI is InChI=1S/C21H17FN2OS2/c1-14-5-4-6-15(11-14)13-27-21-23-18-9-10-26-19(18)20(25)24(21)12-16-7-2-3-8-17(16)22/h2-11H,12-13H2,1H3. The summed E-state index contributed by atoms with van der Waals surface area (Å²) in [6.45, 7) is 2.22. The van der Waals surface area contributed by atoms with Gasteiger partial charge in [0, 0.05) is 11.3 Å². The zero-order valence-electron chi connectivity index (χ0n) is 14.7. The lowest BCUT2D eigenvalue weighted by molar-refractivity contribution is 0.580. The van der Waals surface area contributed by atoms with E-state index in [1.807, 2.05) is 17.5 Å². The second-order valence-corrected chi connectivity index (χ2v) is 8.15. The van der Waals surface area contributed by atoms with E-state index in [4.69, 9.17) is 0 Å². The van der Waals surface area contributed by atoms with Crippen molar-refractivity contribution in [3.8, 4) is 0 Å². The molecule has 0 atom stereocenters. The maximum atomic E-state index is 14.1. The molecule has 6 heteroatoms. The van der Waals surface area contributed by atoms with Crippen LogP contribution in [0.1, 0.15) is 16.7 Å². The Morgan fingerprint density at radius 1 is 1.15 bits per heavy atom. The van der Waals surface area contributed by atoms with E-state index in [0.717, 1.165) is 5.56 Å². The van der Waals surface area contributed by atoms with Gasteiger partial charge in [-0.2, -0.15) is 0 Å². The highest BCUT2D eigenvalue weighted by atomic mass is 32.2. The number of hydrogen-bond acceptors (Lipinski definition) is 4. The Hall–Kier alpha value is -2.44. The molecule has 0 bridgehead atoms. The van der Waals surface area contributed by atoms with Crippen LogP contribution in [-0.2, 0) is 12.3 Å². The van der Waals surface area contributed by atoms with E-state index in [9.17, 15) is 9.18 Å². The zero-order valence-corrected chi connectivity index (χ0v) is 16.3. The van der Waals surface area contributed by atoms with E-state index in [1.54, 1.807) is 22.8 Å². The molecule has 0 fully saturated rings. The third-order valence-corrected chi connectivity index (χ3v) is 6.21. The molecule has 2 heterocycles. The van der Waals surface area contributed by atoms with E-state index >= 15 is 0 Å². The van der Waals surface area contributed by atoms with Crippen LogP contribution >= 0.6 is 23.1 Å². The van der Waals surface area contributed by atoms with Crippen molar-refractivity contribution in [3.05, 3.63) is 92.8 Å². The molecule has 0 spiro atoms. The first kappa shape index (κ1) is 17.9.